The number of aliphatic carboxylic acids is 2. The van der Waals surface area contributed by atoms with E-state index in [9.17, 15) is 13.2 Å². The fraction of sp³-hybridized carbons (Fsp3) is 0.280. The third kappa shape index (κ3) is 7.29. The van der Waals surface area contributed by atoms with Crippen LogP contribution in [0.5, 0.6) is 0 Å². The Kier molecular flexibility index (Phi) is 8.25. The summed E-state index contributed by atoms with van der Waals surface area (Å²) < 4.78 is 38.0. The molecule has 1 saturated heterocycles. The predicted molar refractivity (Wildman–Crippen MR) is 121 cm³/mol. The quantitative estimate of drug-likeness (QED) is 0.548. The molecule has 0 bridgehead atoms. The Morgan fingerprint density at radius 2 is 1.18 bits per heavy atom. The molecular weight excluding hydrogens is 449 g/mol. The van der Waals surface area contributed by atoms with Gasteiger partial charge < -0.3 is 10.2 Å². The molecule has 0 saturated carbocycles. The van der Waals surface area contributed by atoms with Gasteiger partial charge in [0.25, 0.3) is 0 Å². The number of fused-ring (bicyclic) bond motifs is 1. The Bertz CT molecular complexity index is 1110. The summed E-state index contributed by atoms with van der Waals surface area (Å²) in [6, 6.07) is 20.5. The molecule has 3 aromatic rings. The molecule has 1 aliphatic heterocycles. The van der Waals surface area contributed by atoms with Crippen molar-refractivity contribution in [1.82, 2.24) is 9.80 Å². The van der Waals surface area contributed by atoms with Gasteiger partial charge in [0, 0.05) is 39.3 Å². The van der Waals surface area contributed by atoms with Crippen molar-refractivity contribution in [3.8, 4) is 0 Å². The largest absolute Gasteiger partial charge is 0.473 e. The topological polar surface area (TPSA) is 81.1 Å². The van der Waals surface area contributed by atoms with Gasteiger partial charge in [0.15, 0.2) is 0 Å². The minimum absolute atomic E-state index is 0.587. The third-order valence-corrected chi connectivity index (χ3v) is 5.56. The van der Waals surface area contributed by atoms with Gasteiger partial charge in [0.2, 0.25) is 0 Å². The molecule has 1 fully saturated rings. The SMILES string of the molecule is FC(F)(F)c1ccc(CN2CCN(Cc3ccc4ccccc4c3)CC2)cc1.O=C(O)C(=O)O. The molecule has 0 spiro atoms. The molecule has 1 aliphatic rings. The van der Waals surface area contributed by atoms with Gasteiger partial charge >= 0.3 is 18.1 Å². The number of carboxylic acids is 2. The van der Waals surface area contributed by atoms with E-state index in [0.717, 1.165) is 38.3 Å². The minimum Gasteiger partial charge on any atom is -0.473 e. The molecule has 0 aliphatic carbocycles. The minimum atomic E-state index is -4.27. The average Bonchev–Trinajstić information content (AvgIpc) is 2.80. The van der Waals surface area contributed by atoms with E-state index < -0.39 is 23.7 Å². The monoisotopic (exact) mass is 474 g/mol. The normalized spacial score (nSPS) is 14.9. The highest BCUT2D eigenvalue weighted by Gasteiger charge is 2.30. The van der Waals surface area contributed by atoms with Crippen LogP contribution in [0.2, 0.25) is 0 Å². The van der Waals surface area contributed by atoms with Crippen LogP contribution in [-0.2, 0) is 28.9 Å². The first-order valence-corrected chi connectivity index (χ1v) is 10.7. The molecule has 2 N–H and O–H groups in total. The Hall–Kier alpha value is -3.43. The van der Waals surface area contributed by atoms with E-state index in [4.69, 9.17) is 19.8 Å². The van der Waals surface area contributed by atoms with Crippen molar-refractivity contribution in [2.75, 3.05) is 26.2 Å². The molecule has 0 radical (unpaired) electrons. The summed E-state index contributed by atoms with van der Waals surface area (Å²) in [6.45, 7) is 5.41. The molecule has 4 rings (SSSR count). The average molecular weight is 474 g/mol. The lowest BCUT2D eigenvalue weighted by Gasteiger charge is -2.34. The molecule has 0 amide bonds. The fourth-order valence-electron chi connectivity index (χ4n) is 3.76. The van der Waals surface area contributed by atoms with Crippen LogP contribution in [0.3, 0.4) is 0 Å². The second-order valence-electron chi connectivity index (χ2n) is 8.04. The first kappa shape index (κ1) is 25.2. The summed E-state index contributed by atoms with van der Waals surface area (Å²) >= 11 is 0. The number of hydrogen-bond donors (Lipinski definition) is 2. The number of halogens is 3. The number of piperazine rings is 1. The number of carbonyl (C=O) groups is 2. The number of nitrogens with zero attached hydrogens (tertiary/aromatic N) is 2. The zero-order chi connectivity index (χ0) is 24.7. The maximum absolute atomic E-state index is 12.7. The van der Waals surface area contributed by atoms with Gasteiger partial charge in [-0.05, 0) is 40.1 Å². The molecule has 0 atom stereocenters. The van der Waals surface area contributed by atoms with Crippen molar-refractivity contribution in [1.29, 1.82) is 0 Å². The van der Waals surface area contributed by atoms with E-state index in [1.54, 1.807) is 12.1 Å². The van der Waals surface area contributed by atoms with E-state index in [2.05, 4.69) is 52.3 Å². The molecule has 9 heteroatoms. The maximum atomic E-state index is 12.7. The van der Waals surface area contributed by atoms with Gasteiger partial charge in [-0.15, -0.1) is 0 Å². The number of hydrogen-bond acceptors (Lipinski definition) is 4. The van der Waals surface area contributed by atoms with Gasteiger partial charge in [-0.1, -0.05) is 48.5 Å². The second kappa shape index (κ2) is 11.1. The van der Waals surface area contributed by atoms with Gasteiger partial charge in [-0.25, -0.2) is 9.59 Å². The van der Waals surface area contributed by atoms with Crippen LogP contribution in [0.1, 0.15) is 16.7 Å². The second-order valence-corrected chi connectivity index (χ2v) is 8.04. The lowest BCUT2D eigenvalue weighted by atomic mass is 10.1. The molecule has 180 valence electrons. The molecule has 1 heterocycles. The molecule has 6 nitrogen and oxygen atoms in total. The van der Waals surface area contributed by atoms with E-state index in [0.29, 0.717) is 6.54 Å². The summed E-state index contributed by atoms with van der Waals surface area (Å²) in [4.78, 5) is 22.9. The molecule has 0 aromatic heterocycles. The Labute approximate surface area is 194 Å². The lowest BCUT2D eigenvalue weighted by Crippen LogP contribution is -2.45. The first-order chi connectivity index (χ1) is 16.1. The molecule has 0 unspecified atom stereocenters. The van der Waals surface area contributed by atoms with Crippen LogP contribution in [-0.4, -0.2) is 58.1 Å². The highest BCUT2D eigenvalue weighted by molar-refractivity contribution is 6.27. The van der Waals surface area contributed by atoms with Gasteiger partial charge in [-0.3, -0.25) is 9.80 Å². The highest BCUT2D eigenvalue weighted by Crippen LogP contribution is 2.29. The number of benzene rings is 3. The summed E-state index contributed by atoms with van der Waals surface area (Å²) in [5, 5.41) is 17.3. The zero-order valence-electron chi connectivity index (χ0n) is 18.3. The van der Waals surface area contributed by atoms with Crippen LogP contribution in [0.4, 0.5) is 13.2 Å². The molecule has 3 aromatic carbocycles. The van der Waals surface area contributed by atoms with E-state index in [1.165, 1.54) is 28.5 Å². The molecular formula is C25H25F3N2O4. The van der Waals surface area contributed by atoms with E-state index >= 15 is 0 Å². The number of rotatable bonds is 4. The zero-order valence-corrected chi connectivity index (χ0v) is 18.3. The standard InChI is InChI=1S/C23H23F3N2.C2H2O4/c24-23(25,26)22-9-6-18(7-10-22)16-27-11-13-28(14-12-27)17-19-5-8-20-3-1-2-4-21(20)15-19;3-1(4)2(5)6/h1-10,15H,11-14,16-17H2;(H,3,4)(H,5,6). The third-order valence-electron chi connectivity index (χ3n) is 5.56. The summed E-state index contributed by atoms with van der Waals surface area (Å²) in [7, 11) is 0. The van der Waals surface area contributed by atoms with Crippen LogP contribution in [0.25, 0.3) is 10.8 Å². The Morgan fingerprint density at radius 3 is 1.68 bits per heavy atom. The molecule has 34 heavy (non-hydrogen) atoms. The van der Waals surface area contributed by atoms with Crippen molar-refractivity contribution in [3.05, 3.63) is 83.4 Å². The van der Waals surface area contributed by atoms with E-state index in [1.807, 2.05) is 0 Å². The van der Waals surface area contributed by atoms with Crippen molar-refractivity contribution in [2.24, 2.45) is 0 Å². The van der Waals surface area contributed by atoms with Gasteiger partial charge in [0.1, 0.15) is 0 Å². The van der Waals surface area contributed by atoms with Crippen LogP contribution >= 0.6 is 0 Å². The van der Waals surface area contributed by atoms with Crippen LogP contribution in [0.15, 0.2) is 66.7 Å². The fourth-order valence-corrected chi connectivity index (χ4v) is 3.76. The number of alkyl halides is 3. The summed E-state index contributed by atoms with van der Waals surface area (Å²) in [5.41, 5.74) is 1.65. The predicted octanol–water partition coefficient (Wildman–Crippen LogP) is 4.33. The highest BCUT2D eigenvalue weighted by atomic mass is 19.4. The van der Waals surface area contributed by atoms with Crippen molar-refractivity contribution in [3.63, 3.8) is 0 Å². The Morgan fingerprint density at radius 1 is 0.706 bits per heavy atom. The maximum Gasteiger partial charge on any atom is 0.416 e. The van der Waals surface area contributed by atoms with Gasteiger partial charge in [0.05, 0.1) is 5.56 Å². The smallest absolute Gasteiger partial charge is 0.416 e. The lowest BCUT2D eigenvalue weighted by molar-refractivity contribution is -0.159. The van der Waals surface area contributed by atoms with Crippen molar-refractivity contribution >= 4 is 22.7 Å². The van der Waals surface area contributed by atoms with E-state index in [-0.39, 0.29) is 0 Å². The number of carboxylic acid groups (broad SMARTS) is 2. The summed E-state index contributed by atoms with van der Waals surface area (Å²) in [5.74, 6) is -3.65. The summed E-state index contributed by atoms with van der Waals surface area (Å²) in [6.07, 6.45) is -4.27. The first-order valence-electron chi connectivity index (χ1n) is 10.7. The van der Waals surface area contributed by atoms with Gasteiger partial charge in [-0.2, -0.15) is 13.2 Å². The Balaban J connectivity index is 0.000000481. The van der Waals surface area contributed by atoms with Crippen molar-refractivity contribution < 1.29 is 33.0 Å². The van der Waals surface area contributed by atoms with Crippen LogP contribution in [0, 0.1) is 0 Å². The van der Waals surface area contributed by atoms with Crippen LogP contribution < -0.4 is 0 Å². The van der Waals surface area contributed by atoms with Crippen molar-refractivity contribution in [2.45, 2.75) is 19.3 Å².